The van der Waals surface area contributed by atoms with Gasteiger partial charge < -0.3 is 9.30 Å². The van der Waals surface area contributed by atoms with Gasteiger partial charge in [-0.05, 0) is 29.8 Å². The molecule has 0 bridgehead atoms. The third-order valence-electron chi connectivity index (χ3n) is 5.45. The molecule has 1 aliphatic heterocycles. The smallest absolute Gasteiger partial charge is 0.337 e. The number of fused-ring (bicyclic) bond motifs is 1. The molecule has 1 aromatic heterocycles. The van der Waals surface area contributed by atoms with Crippen molar-refractivity contribution in [2.24, 2.45) is 0 Å². The summed E-state index contributed by atoms with van der Waals surface area (Å²) in [6.45, 7) is 3.09. The molecule has 0 saturated heterocycles. The van der Waals surface area contributed by atoms with Gasteiger partial charge in [0.05, 0.1) is 24.1 Å². The maximum Gasteiger partial charge on any atom is 0.337 e. The Kier molecular flexibility index (Phi) is 6.63. The van der Waals surface area contributed by atoms with Crippen LogP contribution in [0.2, 0.25) is 0 Å². The van der Waals surface area contributed by atoms with Crippen molar-refractivity contribution in [1.29, 1.82) is 0 Å². The summed E-state index contributed by atoms with van der Waals surface area (Å²) in [5.74, 6) is 1.10. The highest BCUT2D eigenvalue weighted by atomic mass is 32.2. The number of carbonyl (C=O) groups excluding carboxylic acids is 1. The Morgan fingerprint density at radius 1 is 1.03 bits per heavy atom. The second kappa shape index (κ2) is 9.60. The van der Waals surface area contributed by atoms with Crippen LogP contribution < -0.4 is 4.72 Å². The highest BCUT2D eigenvalue weighted by molar-refractivity contribution is 7.89. The monoisotopic (exact) mass is 455 g/mol. The standard InChI is InChI=1S/C22H25N5O4S/c1-31-22(28)18-9-7-17(8-10-18)16-26-12-11-20-24-25-21(27(20)14-13-26)15-23-32(29,30)19-5-3-2-4-6-19/h2-10,23H,11-16H2,1H3. The molecule has 0 atom stereocenters. The van der Waals surface area contributed by atoms with Crippen LogP contribution in [-0.4, -0.2) is 54.3 Å². The molecule has 0 fully saturated rings. The first-order chi connectivity index (χ1) is 15.5. The summed E-state index contributed by atoms with van der Waals surface area (Å²) < 4.78 is 34.3. The average Bonchev–Trinajstić information content (AvgIpc) is 3.10. The molecule has 2 heterocycles. The lowest BCUT2D eigenvalue weighted by Crippen LogP contribution is -2.28. The third-order valence-corrected chi connectivity index (χ3v) is 6.87. The van der Waals surface area contributed by atoms with Crippen LogP contribution in [0.1, 0.15) is 27.6 Å². The highest BCUT2D eigenvalue weighted by Gasteiger charge is 2.21. The van der Waals surface area contributed by atoms with Gasteiger partial charge in [0.25, 0.3) is 0 Å². The molecule has 0 unspecified atom stereocenters. The van der Waals surface area contributed by atoms with Crippen molar-refractivity contribution < 1.29 is 17.9 Å². The molecular formula is C22H25N5O4S. The van der Waals surface area contributed by atoms with E-state index in [0.29, 0.717) is 17.9 Å². The fourth-order valence-electron chi connectivity index (χ4n) is 3.68. The second-order valence-corrected chi connectivity index (χ2v) is 9.30. The zero-order valence-corrected chi connectivity index (χ0v) is 18.6. The second-order valence-electron chi connectivity index (χ2n) is 7.54. The molecule has 3 aromatic rings. The Bertz CT molecular complexity index is 1180. The molecule has 2 aromatic carbocycles. The number of rotatable bonds is 7. The van der Waals surface area contributed by atoms with Gasteiger partial charge >= 0.3 is 5.97 Å². The largest absolute Gasteiger partial charge is 0.465 e. The van der Waals surface area contributed by atoms with E-state index in [1.165, 1.54) is 7.11 Å². The van der Waals surface area contributed by atoms with Crippen LogP contribution in [0.3, 0.4) is 0 Å². The van der Waals surface area contributed by atoms with E-state index in [1.54, 1.807) is 42.5 Å². The summed E-state index contributed by atoms with van der Waals surface area (Å²) in [7, 11) is -2.24. The van der Waals surface area contributed by atoms with Gasteiger partial charge in [-0.15, -0.1) is 10.2 Å². The van der Waals surface area contributed by atoms with Crippen molar-refractivity contribution >= 4 is 16.0 Å². The topological polar surface area (TPSA) is 106 Å². The number of sulfonamides is 1. The Morgan fingerprint density at radius 3 is 2.50 bits per heavy atom. The highest BCUT2D eigenvalue weighted by Crippen LogP contribution is 2.15. The number of hydrogen-bond donors (Lipinski definition) is 1. The number of nitrogens with zero attached hydrogens (tertiary/aromatic N) is 4. The van der Waals surface area contributed by atoms with E-state index in [0.717, 1.165) is 37.4 Å². The molecular weight excluding hydrogens is 430 g/mol. The number of methoxy groups -OCH3 is 1. The van der Waals surface area contributed by atoms with Crippen LogP contribution in [0, 0.1) is 0 Å². The van der Waals surface area contributed by atoms with Gasteiger partial charge in [0.2, 0.25) is 10.0 Å². The number of esters is 1. The summed E-state index contributed by atoms with van der Waals surface area (Å²) in [5, 5.41) is 8.48. The van der Waals surface area contributed by atoms with Gasteiger partial charge in [-0.25, -0.2) is 17.9 Å². The van der Waals surface area contributed by atoms with Crippen LogP contribution >= 0.6 is 0 Å². The predicted octanol–water partition coefficient (Wildman–Crippen LogP) is 1.60. The van der Waals surface area contributed by atoms with Crippen molar-refractivity contribution in [2.45, 2.75) is 31.0 Å². The van der Waals surface area contributed by atoms with Crippen LogP contribution in [0.25, 0.3) is 0 Å². The van der Waals surface area contributed by atoms with Crippen LogP contribution in [0.5, 0.6) is 0 Å². The summed E-state index contributed by atoms with van der Waals surface area (Å²) in [6, 6.07) is 15.7. The number of aromatic nitrogens is 3. The fraction of sp³-hybridized carbons (Fsp3) is 0.318. The van der Waals surface area contributed by atoms with Crippen LogP contribution in [0.4, 0.5) is 0 Å². The molecule has 0 amide bonds. The molecule has 0 aliphatic carbocycles. The molecule has 9 nitrogen and oxygen atoms in total. The zero-order chi connectivity index (χ0) is 22.6. The Balaban J connectivity index is 1.37. The molecule has 32 heavy (non-hydrogen) atoms. The number of hydrogen-bond acceptors (Lipinski definition) is 7. The number of ether oxygens (including phenoxy) is 1. The maximum atomic E-state index is 12.5. The molecule has 1 aliphatic rings. The Morgan fingerprint density at radius 2 is 1.78 bits per heavy atom. The van der Waals surface area contributed by atoms with Crippen molar-refractivity contribution in [3.8, 4) is 0 Å². The Hall–Kier alpha value is -3.08. The van der Waals surface area contributed by atoms with E-state index < -0.39 is 10.0 Å². The van der Waals surface area contributed by atoms with Gasteiger partial charge in [-0.1, -0.05) is 30.3 Å². The van der Waals surface area contributed by atoms with Gasteiger partial charge in [-0.3, -0.25) is 4.90 Å². The zero-order valence-electron chi connectivity index (χ0n) is 17.8. The van der Waals surface area contributed by atoms with E-state index >= 15 is 0 Å². The molecule has 4 rings (SSSR count). The van der Waals surface area contributed by atoms with Crippen molar-refractivity contribution in [2.75, 3.05) is 20.2 Å². The van der Waals surface area contributed by atoms with E-state index in [1.807, 2.05) is 16.7 Å². The number of carbonyl (C=O) groups is 1. The van der Waals surface area contributed by atoms with E-state index in [4.69, 9.17) is 4.74 Å². The lowest BCUT2D eigenvalue weighted by molar-refractivity contribution is 0.0600. The molecule has 10 heteroatoms. The summed E-state index contributed by atoms with van der Waals surface area (Å²) >= 11 is 0. The first-order valence-electron chi connectivity index (χ1n) is 10.3. The Labute approximate surface area is 187 Å². The lowest BCUT2D eigenvalue weighted by Gasteiger charge is -2.19. The lowest BCUT2D eigenvalue weighted by atomic mass is 10.1. The van der Waals surface area contributed by atoms with E-state index in [-0.39, 0.29) is 17.4 Å². The summed E-state index contributed by atoms with van der Waals surface area (Å²) in [6.07, 6.45) is 0.721. The van der Waals surface area contributed by atoms with Crippen molar-refractivity contribution in [3.63, 3.8) is 0 Å². The fourth-order valence-corrected chi connectivity index (χ4v) is 4.68. The molecule has 0 saturated carbocycles. The van der Waals surface area contributed by atoms with E-state index in [9.17, 15) is 13.2 Å². The quantitative estimate of drug-likeness (QED) is 0.540. The van der Waals surface area contributed by atoms with Gasteiger partial charge in [-0.2, -0.15) is 0 Å². The van der Waals surface area contributed by atoms with E-state index in [2.05, 4.69) is 19.8 Å². The molecule has 168 valence electrons. The van der Waals surface area contributed by atoms with Crippen LogP contribution in [0.15, 0.2) is 59.5 Å². The minimum atomic E-state index is -3.61. The molecule has 0 radical (unpaired) electrons. The normalized spacial score (nSPS) is 14.5. The maximum absolute atomic E-state index is 12.5. The molecule has 0 spiro atoms. The van der Waals surface area contributed by atoms with Gasteiger partial charge in [0.1, 0.15) is 11.6 Å². The van der Waals surface area contributed by atoms with Gasteiger partial charge in [0.15, 0.2) is 0 Å². The first kappa shape index (κ1) is 22.1. The predicted molar refractivity (Wildman–Crippen MR) is 117 cm³/mol. The summed E-state index contributed by atoms with van der Waals surface area (Å²) in [4.78, 5) is 14.1. The van der Waals surface area contributed by atoms with Crippen molar-refractivity contribution in [1.82, 2.24) is 24.4 Å². The SMILES string of the molecule is COC(=O)c1ccc(CN2CCc3nnc(CNS(=O)(=O)c4ccccc4)n3CC2)cc1. The minimum absolute atomic E-state index is 0.0826. The van der Waals surface area contributed by atoms with Crippen molar-refractivity contribution in [3.05, 3.63) is 77.4 Å². The molecule has 1 N–H and O–H groups in total. The summed E-state index contributed by atoms with van der Waals surface area (Å²) in [5.41, 5.74) is 1.63. The minimum Gasteiger partial charge on any atom is -0.465 e. The third kappa shape index (κ3) is 5.04. The first-order valence-corrected chi connectivity index (χ1v) is 11.8. The number of nitrogens with one attached hydrogen (secondary N) is 1. The van der Waals surface area contributed by atoms with Gasteiger partial charge in [0, 0.05) is 32.6 Å². The number of benzene rings is 2. The average molecular weight is 456 g/mol. The van der Waals surface area contributed by atoms with Crippen LogP contribution in [-0.2, 0) is 40.8 Å².